The zero-order valence-corrected chi connectivity index (χ0v) is 13.1. The molecule has 0 saturated carbocycles. The maximum atomic E-state index is 13.0. The largest absolute Gasteiger partial charge is 0.464 e. The van der Waals surface area contributed by atoms with Crippen LogP contribution < -0.4 is 5.32 Å². The fourth-order valence-electron chi connectivity index (χ4n) is 1.91. The Morgan fingerprint density at radius 2 is 1.90 bits per heavy atom. The summed E-state index contributed by atoms with van der Waals surface area (Å²) < 4.78 is 18.9. The molecule has 0 radical (unpaired) electrons. The standard InChI is InChI=1S/C16H15BrFNO2/c1-2-21-16(20)15(13-5-3-4-6-14(13)17)19-12-9-7-11(18)8-10-12/h3-10,15,19H,2H2,1H3. The third-order valence-corrected chi connectivity index (χ3v) is 3.62. The number of carbonyl (C=O) groups is 1. The van der Waals surface area contributed by atoms with Gasteiger partial charge in [0.25, 0.3) is 0 Å². The van der Waals surface area contributed by atoms with E-state index in [1.807, 2.05) is 24.3 Å². The highest BCUT2D eigenvalue weighted by Crippen LogP contribution is 2.27. The van der Waals surface area contributed by atoms with Gasteiger partial charge in [0.05, 0.1) is 6.61 Å². The van der Waals surface area contributed by atoms with Gasteiger partial charge in [0.15, 0.2) is 6.04 Å². The van der Waals surface area contributed by atoms with E-state index >= 15 is 0 Å². The van der Waals surface area contributed by atoms with Crippen molar-refractivity contribution in [3.8, 4) is 0 Å². The number of carbonyl (C=O) groups excluding carboxylic acids is 1. The Morgan fingerprint density at radius 1 is 1.24 bits per heavy atom. The number of benzene rings is 2. The molecule has 1 atom stereocenters. The van der Waals surface area contributed by atoms with E-state index in [9.17, 15) is 9.18 Å². The van der Waals surface area contributed by atoms with Crippen molar-refractivity contribution in [3.05, 3.63) is 64.4 Å². The van der Waals surface area contributed by atoms with Crippen molar-refractivity contribution >= 4 is 27.6 Å². The SMILES string of the molecule is CCOC(=O)C(Nc1ccc(F)cc1)c1ccccc1Br. The molecular weight excluding hydrogens is 337 g/mol. The van der Waals surface area contributed by atoms with Crippen LogP contribution in [0.4, 0.5) is 10.1 Å². The molecular formula is C16H15BrFNO2. The summed E-state index contributed by atoms with van der Waals surface area (Å²) in [6.45, 7) is 2.05. The van der Waals surface area contributed by atoms with Gasteiger partial charge in [-0.2, -0.15) is 0 Å². The summed E-state index contributed by atoms with van der Waals surface area (Å²) in [4.78, 5) is 12.2. The molecule has 0 aromatic heterocycles. The van der Waals surface area contributed by atoms with Gasteiger partial charge in [0.2, 0.25) is 0 Å². The van der Waals surface area contributed by atoms with E-state index < -0.39 is 6.04 Å². The number of anilines is 1. The maximum Gasteiger partial charge on any atom is 0.333 e. The van der Waals surface area contributed by atoms with E-state index in [4.69, 9.17) is 4.74 Å². The number of rotatable bonds is 5. The van der Waals surface area contributed by atoms with Crippen LogP contribution in [0.15, 0.2) is 53.0 Å². The number of hydrogen-bond donors (Lipinski definition) is 1. The molecule has 0 saturated heterocycles. The van der Waals surface area contributed by atoms with E-state index in [0.29, 0.717) is 12.3 Å². The smallest absolute Gasteiger partial charge is 0.333 e. The normalized spacial score (nSPS) is 11.8. The first-order valence-corrected chi connectivity index (χ1v) is 7.34. The Kier molecular flexibility index (Phi) is 5.33. The van der Waals surface area contributed by atoms with Gasteiger partial charge in [-0.05, 0) is 42.8 Å². The Hall–Kier alpha value is -1.88. The molecule has 0 aliphatic heterocycles. The van der Waals surface area contributed by atoms with Crippen molar-refractivity contribution in [1.82, 2.24) is 0 Å². The van der Waals surface area contributed by atoms with E-state index in [2.05, 4.69) is 21.2 Å². The molecule has 0 aliphatic rings. The predicted molar refractivity (Wildman–Crippen MR) is 83.5 cm³/mol. The summed E-state index contributed by atoms with van der Waals surface area (Å²) in [5.41, 5.74) is 1.41. The average Bonchev–Trinajstić information content (AvgIpc) is 2.48. The number of hydrogen-bond acceptors (Lipinski definition) is 3. The third-order valence-electron chi connectivity index (χ3n) is 2.89. The molecule has 5 heteroatoms. The summed E-state index contributed by atoms with van der Waals surface area (Å²) in [7, 11) is 0. The molecule has 1 N–H and O–H groups in total. The summed E-state index contributed by atoms with van der Waals surface area (Å²) in [5.74, 6) is -0.706. The monoisotopic (exact) mass is 351 g/mol. The number of halogens is 2. The predicted octanol–water partition coefficient (Wildman–Crippen LogP) is 4.30. The zero-order valence-electron chi connectivity index (χ0n) is 11.5. The second-order valence-corrected chi connectivity index (χ2v) is 5.21. The minimum absolute atomic E-state index is 0.297. The van der Waals surface area contributed by atoms with Crippen LogP contribution in [-0.4, -0.2) is 12.6 Å². The first-order chi connectivity index (χ1) is 10.1. The first-order valence-electron chi connectivity index (χ1n) is 6.55. The Bertz CT molecular complexity index is 616. The first kappa shape index (κ1) is 15.5. The van der Waals surface area contributed by atoms with Gasteiger partial charge < -0.3 is 10.1 Å². The van der Waals surface area contributed by atoms with Gasteiger partial charge in [-0.1, -0.05) is 34.1 Å². The van der Waals surface area contributed by atoms with Crippen LogP contribution in [-0.2, 0) is 9.53 Å². The molecule has 2 rings (SSSR count). The van der Waals surface area contributed by atoms with Crippen molar-refractivity contribution in [1.29, 1.82) is 0 Å². The number of ether oxygens (including phenoxy) is 1. The number of esters is 1. The van der Waals surface area contributed by atoms with Crippen molar-refractivity contribution < 1.29 is 13.9 Å². The van der Waals surface area contributed by atoms with Gasteiger partial charge in [-0.25, -0.2) is 9.18 Å². The highest BCUT2D eigenvalue weighted by atomic mass is 79.9. The Labute approximate surface area is 131 Å². The lowest BCUT2D eigenvalue weighted by Crippen LogP contribution is -2.23. The van der Waals surface area contributed by atoms with Crippen molar-refractivity contribution in [2.24, 2.45) is 0 Å². The molecule has 0 heterocycles. The lowest BCUT2D eigenvalue weighted by molar-refractivity contribution is -0.144. The Morgan fingerprint density at radius 3 is 2.52 bits per heavy atom. The van der Waals surface area contributed by atoms with Crippen LogP contribution in [0, 0.1) is 5.82 Å². The lowest BCUT2D eigenvalue weighted by atomic mass is 10.1. The molecule has 0 spiro atoms. The molecule has 0 bridgehead atoms. The number of nitrogens with one attached hydrogen (secondary N) is 1. The van der Waals surface area contributed by atoms with Crippen molar-refractivity contribution in [2.45, 2.75) is 13.0 Å². The second kappa shape index (κ2) is 7.22. The van der Waals surface area contributed by atoms with Crippen LogP contribution in [0.5, 0.6) is 0 Å². The van der Waals surface area contributed by atoms with E-state index in [1.165, 1.54) is 12.1 Å². The molecule has 2 aromatic carbocycles. The molecule has 0 fully saturated rings. The minimum Gasteiger partial charge on any atom is -0.464 e. The highest BCUT2D eigenvalue weighted by Gasteiger charge is 2.23. The maximum absolute atomic E-state index is 13.0. The fourth-order valence-corrected chi connectivity index (χ4v) is 2.42. The molecule has 110 valence electrons. The average molecular weight is 352 g/mol. The van der Waals surface area contributed by atoms with Crippen molar-refractivity contribution in [3.63, 3.8) is 0 Å². The topological polar surface area (TPSA) is 38.3 Å². The summed E-state index contributed by atoms with van der Waals surface area (Å²) in [6, 6.07) is 12.6. The molecule has 0 aliphatic carbocycles. The molecule has 3 nitrogen and oxygen atoms in total. The molecule has 1 unspecified atom stereocenters. The third kappa shape index (κ3) is 4.04. The van der Waals surface area contributed by atoms with Gasteiger partial charge in [-0.15, -0.1) is 0 Å². The van der Waals surface area contributed by atoms with Gasteiger partial charge in [-0.3, -0.25) is 0 Å². The van der Waals surface area contributed by atoms with E-state index in [-0.39, 0.29) is 11.8 Å². The van der Waals surface area contributed by atoms with Crippen LogP contribution in [0.25, 0.3) is 0 Å². The molecule has 2 aromatic rings. The van der Waals surface area contributed by atoms with E-state index in [1.54, 1.807) is 19.1 Å². The molecule has 21 heavy (non-hydrogen) atoms. The van der Waals surface area contributed by atoms with Crippen molar-refractivity contribution in [2.75, 3.05) is 11.9 Å². The quantitative estimate of drug-likeness (QED) is 0.816. The van der Waals surface area contributed by atoms with Crippen LogP contribution in [0.2, 0.25) is 0 Å². The summed E-state index contributed by atoms with van der Waals surface area (Å²) >= 11 is 3.43. The Balaban J connectivity index is 2.30. The summed E-state index contributed by atoms with van der Waals surface area (Å²) in [6.07, 6.45) is 0. The lowest BCUT2D eigenvalue weighted by Gasteiger charge is -2.20. The van der Waals surface area contributed by atoms with Gasteiger partial charge >= 0.3 is 5.97 Å². The second-order valence-electron chi connectivity index (χ2n) is 4.36. The highest BCUT2D eigenvalue weighted by molar-refractivity contribution is 9.10. The fraction of sp³-hybridized carbons (Fsp3) is 0.188. The summed E-state index contributed by atoms with van der Waals surface area (Å²) in [5, 5.41) is 3.08. The zero-order chi connectivity index (χ0) is 15.2. The van der Waals surface area contributed by atoms with Crippen LogP contribution in [0.1, 0.15) is 18.5 Å². The van der Waals surface area contributed by atoms with Gasteiger partial charge in [0, 0.05) is 10.2 Å². The van der Waals surface area contributed by atoms with E-state index in [0.717, 1.165) is 10.0 Å². The van der Waals surface area contributed by atoms with Gasteiger partial charge in [0.1, 0.15) is 5.82 Å². The minimum atomic E-state index is -0.661. The van der Waals surface area contributed by atoms with Crippen LogP contribution in [0.3, 0.4) is 0 Å². The van der Waals surface area contributed by atoms with Crippen LogP contribution >= 0.6 is 15.9 Å². The molecule has 0 amide bonds.